The summed E-state index contributed by atoms with van der Waals surface area (Å²) in [5.41, 5.74) is 11.0. The summed E-state index contributed by atoms with van der Waals surface area (Å²) in [6.07, 6.45) is 9.96. The molecule has 4 nitrogen and oxygen atoms in total. The van der Waals surface area contributed by atoms with Crippen LogP contribution in [0.2, 0.25) is 0 Å². The zero-order chi connectivity index (χ0) is 14.2. The molecule has 1 atom stereocenters. The summed E-state index contributed by atoms with van der Waals surface area (Å²) in [5.74, 6) is 0. The molecule has 0 aliphatic rings. The number of rotatable bonds is 15. The molecule has 0 aliphatic carbocycles. The van der Waals surface area contributed by atoms with Crippen molar-refractivity contribution in [2.24, 2.45) is 11.5 Å². The van der Waals surface area contributed by atoms with Crippen LogP contribution in [0, 0.1) is 0 Å². The Balaban J connectivity index is 3.49. The van der Waals surface area contributed by atoms with Gasteiger partial charge >= 0.3 is 0 Å². The summed E-state index contributed by atoms with van der Waals surface area (Å²) in [6.45, 7) is 7.10. The molecule has 0 aliphatic heterocycles. The van der Waals surface area contributed by atoms with E-state index in [4.69, 9.17) is 11.5 Å². The molecule has 116 valence electrons. The van der Waals surface area contributed by atoms with Gasteiger partial charge in [0.15, 0.2) is 0 Å². The first kappa shape index (κ1) is 18.8. The molecule has 0 radical (unpaired) electrons. The fourth-order valence-corrected chi connectivity index (χ4v) is 2.20. The van der Waals surface area contributed by atoms with E-state index in [-0.39, 0.29) is 0 Å². The van der Waals surface area contributed by atoms with Crippen molar-refractivity contribution in [3.05, 3.63) is 0 Å². The van der Waals surface area contributed by atoms with Gasteiger partial charge in [-0.3, -0.25) is 0 Å². The fraction of sp³-hybridized carbons (Fsp3) is 1.00. The lowest BCUT2D eigenvalue weighted by molar-refractivity contribution is 0.419. The Morgan fingerprint density at radius 2 is 1.42 bits per heavy atom. The molecule has 0 heterocycles. The van der Waals surface area contributed by atoms with Crippen molar-refractivity contribution in [1.29, 1.82) is 0 Å². The summed E-state index contributed by atoms with van der Waals surface area (Å²) in [5, 5.41) is 7.09. The molecular weight excluding hydrogens is 236 g/mol. The average Bonchev–Trinajstić information content (AvgIpc) is 2.43. The quantitative estimate of drug-likeness (QED) is 0.342. The topological polar surface area (TPSA) is 76.1 Å². The molecular formula is C15H36N4. The van der Waals surface area contributed by atoms with Gasteiger partial charge in [0.2, 0.25) is 0 Å². The minimum absolute atomic E-state index is 0.690. The van der Waals surface area contributed by atoms with Crippen molar-refractivity contribution in [1.82, 2.24) is 10.6 Å². The fourth-order valence-electron chi connectivity index (χ4n) is 2.20. The minimum atomic E-state index is 0.690. The Hall–Kier alpha value is -0.160. The van der Waals surface area contributed by atoms with Gasteiger partial charge in [0.05, 0.1) is 0 Å². The maximum Gasteiger partial charge on any atom is 0.00670 e. The predicted molar refractivity (Wildman–Crippen MR) is 85.4 cm³/mol. The summed E-state index contributed by atoms with van der Waals surface area (Å²) >= 11 is 0. The van der Waals surface area contributed by atoms with E-state index < -0.39 is 0 Å². The van der Waals surface area contributed by atoms with Crippen molar-refractivity contribution in [2.75, 3.05) is 32.7 Å². The van der Waals surface area contributed by atoms with E-state index in [9.17, 15) is 0 Å². The van der Waals surface area contributed by atoms with Crippen molar-refractivity contribution in [2.45, 2.75) is 64.3 Å². The molecule has 1 unspecified atom stereocenters. The molecule has 0 rings (SSSR count). The van der Waals surface area contributed by atoms with Crippen LogP contribution in [0.1, 0.15) is 58.3 Å². The Morgan fingerprint density at radius 3 is 2.11 bits per heavy atom. The summed E-state index contributed by atoms with van der Waals surface area (Å²) < 4.78 is 0. The van der Waals surface area contributed by atoms with Crippen LogP contribution in [-0.4, -0.2) is 38.8 Å². The first-order valence-electron chi connectivity index (χ1n) is 8.19. The summed E-state index contributed by atoms with van der Waals surface area (Å²) in [7, 11) is 0. The lowest BCUT2D eigenvalue weighted by Crippen LogP contribution is -2.31. The third-order valence-electron chi connectivity index (χ3n) is 3.43. The molecule has 0 saturated carbocycles. The molecule has 0 spiro atoms. The first-order chi connectivity index (χ1) is 9.35. The van der Waals surface area contributed by atoms with Gasteiger partial charge in [-0.1, -0.05) is 26.2 Å². The maximum atomic E-state index is 5.54. The molecule has 0 aromatic heterocycles. The van der Waals surface area contributed by atoms with Crippen LogP contribution in [0.5, 0.6) is 0 Å². The number of unbranched alkanes of at least 4 members (excludes halogenated alkanes) is 2. The Labute approximate surface area is 120 Å². The first-order valence-corrected chi connectivity index (χ1v) is 8.19. The normalized spacial score (nSPS) is 12.8. The second kappa shape index (κ2) is 15.9. The van der Waals surface area contributed by atoms with Crippen molar-refractivity contribution in [3.63, 3.8) is 0 Å². The van der Waals surface area contributed by atoms with Crippen LogP contribution in [0.15, 0.2) is 0 Å². The largest absolute Gasteiger partial charge is 0.330 e. The third-order valence-corrected chi connectivity index (χ3v) is 3.43. The molecule has 0 aromatic rings. The van der Waals surface area contributed by atoms with Crippen molar-refractivity contribution < 1.29 is 0 Å². The SMILES string of the molecule is CCCCC(CCCCNCCCN)NCCCN. The van der Waals surface area contributed by atoms with Gasteiger partial charge in [0.25, 0.3) is 0 Å². The maximum absolute atomic E-state index is 5.54. The van der Waals surface area contributed by atoms with Gasteiger partial charge in [0, 0.05) is 6.04 Å². The van der Waals surface area contributed by atoms with Gasteiger partial charge < -0.3 is 22.1 Å². The highest BCUT2D eigenvalue weighted by atomic mass is 14.9. The summed E-state index contributed by atoms with van der Waals surface area (Å²) in [4.78, 5) is 0. The van der Waals surface area contributed by atoms with Crippen LogP contribution >= 0.6 is 0 Å². The van der Waals surface area contributed by atoms with Crippen LogP contribution < -0.4 is 22.1 Å². The molecule has 0 aromatic carbocycles. The van der Waals surface area contributed by atoms with Gasteiger partial charge in [0.1, 0.15) is 0 Å². The molecule has 6 N–H and O–H groups in total. The minimum Gasteiger partial charge on any atom is -0.330 e. The van der Waals surface area contributed by atoms with Gasteiger partial charge in [-0.15, -0.1) is 0 Å². The van der Waals surface area contributed by atoms with E-state index in [0.29, 0.717) is 6.04 Å². The van der Waals surface area contributed by atoms with E-state index >= 15 is 0 Å². The van der Waals surface area contributed by atoms with E-state index in [1.807, 2.05) is 0 Å². The van der Waals surface area contributed by atoms with Crippen molar-refractivity contribution in [3.8, 4) is 0 Å². The van der Waals surface area contributed by atoms with E-state index in [0.717, 1.165) is 45.6 Å². The number of nitrogens with two attached hydrogens (primary N) is 2. The van der Waals surface area contributed by atoms with Gasteiger partial charge in [-0.25, -0.2) is 0 Å². The number of hydrogen-bond acceptors (Lipinski definition) is 4. The Kier molecular flexibility index (Phi) is 15.8. The summed E-state index contributed by atoms with van der Waals surface area (Å²) in [6, 6.07) is 0.690. The molecule has 0 bridgehead atoms. The standard InChI is InChI=1S/C15H36N4/c1-2-3-8-15(19-14-7-11-17)9-4-5-12-18-13-6-10-16/h15,18-19H,2-14,16-17H2,1H3. The highest BCUT2D eigenvalue weighted by Gasteiger charge is 2.06. The number of hydrogen-bond donors (Lipinski definition) is 4. The smallest absolute Gasteiger partial charge is 0.00670 e. The van der Waals surface area contributed by atoms with Crippen LogP contribution in [0.4, 0.5) is 0 Å². The average molecular weight is 272 g/mol. The van der Waals surface area contributed by atoms with Crippen LogP contribution in [0.3, 0.4) is 0 Å². The van der Waals surface area contributed by atoms with E-state index in [1.54, 1.807) is 0 Å². The molecule has 0 amide bonds. The predicted octanol–water partition coefficient (Wildman–Crippen LogP) is 1.59. The van der Waals surface area contributed by atoms with Crippen LogP contribution in [0.25, 0.3) is 0 Å². The molecule has 0 fully saturated rings. The zero-order valence-electron chi connectivity index (χ0n) is 12.9. The van der Waals surface area contributed by atoms with Gasteiger partial charge in [-0.05, 0) is 64.8 Å². The van der Waals surface area contributed by atoms with Crippen LogP contribution in [-0.2, 0) is 0 Å². The monoisotopic (exact) mass is 272 g/mol. The Bertz CT molecular complexity index is 164. The Morgan fingerprint density at radius 1 is 0.789 bits per heavy atom. The van der Waals surface area contributed by atoms with E-state index in [1.165, 1.54) is 38.5 Å². The second-order valence-corrected chi connectivity index (χ2v) is 5.32. The lowest BCUT2D eigenvalue weighted by atomic mass is 10.0. The molecule has 19 heavy (non-hydrogen) atoms. The lowest BCUT2D eigenvalue weighted by Gasteiger charge is -2.18. The van der Waals surface area contributed by atoms with Gasteiger partial charge in [-0.2, -0.15) is 0 Å². The highest BCUT2D eigenvalue weighted by Crippen LogP contribution is 2.08. The second-order valence-electron chi connectivity index (χ2n) is 5.32. The molecule has 4 heteroatoms. The third kappa shape index (κ3) is 14.1. The van der Waals surface area contributed by atoms with Crippen molar-refractivity contribution >= 4 is 0 Å². The molecule has 0 saturated heterocycles. The highest BCUT2D eigenvalue weighted by molar-refractivity contribution is 4.67. The van der Waals surface area contributed by atoms with E-state index in [2.05, 4.69) is 17.6 Å². The number of nitrogens with one attached hydrogen (secondary N) is 2. The zero-order valence-corrected chi connectivity index (χ0v) is 12.9.